The Hall–Kier alpha value is -2.30. The summed E-state index contributed by atoms with van der Waals surface area (Å²) in [6.45, 7) is 2.00. The number of rotatable bonds is 1. The largest absolute Gasteiger partial charge is 0.384 e. The highest BCUT2D eigenvalue weighted by molar-refractivity contribution is 5.88. The fourth-order valence-electron chi connectivity index (χ4n) is 2.13. The van der Waals surface area contributed by atoms with Crippen LogP contribution in [0, 0.1) is 6.92 Å². The molecule has 3 rings (SSSR count). The molecule has 0 unspecified atom stereocenters. The zero-order chi connectivity index (χ0) is 12.0. The summed E-state index contributed by atoms with van der Waals surface area (Å²) in [5, 5.41) is 12.2. The van der Waals surface area contributed by atoms with Gasteiger partial charge < -0.3 is 5.73 Å². The molecule has 0 saturated carbocycles. The van der Waals surface area contributed by atoms with Crippen LogP contribution in [0.25, 0.3) is 22.0 Å². The van der Waals surface area contributed by atoms with Crippen LogP contribution in [-0.2, 0) is 7.05 Å². The maximum absolute atomic E-state index is 5.82. The van der Waals surface area contributed by atoms with Crippen LogP contribution in [0.15, 0.2) is 24.4 Å². The number of anilines is 1. The monoisotopic (exact) mass is 227 g/mol. The van der Waals surface area contributed by atoms with E-state index in [0.29, 0.717) is 5.82 Å². The fraction of sp³-hybridized carbons (Fsp3) is 0.167. The molecule has 0 fully saturated rings. The predicted molar refractivity (Wildman–Crippen MR) is 67.4 cm³/mol. The number of hydrogen-bond donors (Lipinski definition) is 2. The highest BCUT2D eigenvalue weighted by Crippen LogP contribution is 2.28. The Kier molecular flexibility index (Phi) is 1.95. The Morgan fingerprint density at radius 3 is 2.88 bits per heavy atom. The van der Waals surface area contributed by atoms with Crippen LogP contribution in [-0.4, -0.2) is 20.0 Å². The molecule has 0 amide bonds. The number of nitrogens with zero attached hydrogens (tertiary/aromatic N) is 3. The molecule has 2 heterocycles. The predicted octanol–water partition coefficient (Wildman–Crippen LogP) is 1.85. The smallest absolute Gasteiger partial charge is 0.126 e. The van der Waals surface area contributed by atoms with Crippen LogP contribution in [0.1, 0.15) is 5.69 Å². The molecule has 17 heavy (non-hydrogen) atoms. The van der Waals surface area contributed by atoms with Crippen molar-refractivity contribution in [2.45, 2.75) is 6.92 Å². The minimum Gasteiger partial charge on any atom is -0.384 e. The number of nitrogen functional groups attached to an aromatic ring is 1. The van der Waals surface area contributed by atoms with Gasteiger partial charge in [-0.3, -0.25) is 9.78 Å². The number of aromatic amines is 1. The number of H-pyrrole nitrogens is 1. The van der Waals surface area contributed by atoms with Gasteiger partial charge in [-0.1, -0.05) is 6.07 Å². The number of nitrogens with one attached hydrogen (secondary N) is 1. The topological polar surface area (TPSA) is 72.5 Å². The van der Waals surface area contributed by atoms with Crippen LogP contribution >= 0.6 is 0 Å². The number of hydrogen-bond acceptors (Lipinski definition) is 3. The second kappa shape index (κ2) is 3.35. The maximum atomic E-state index is 5.82. The Morgan fingerprint density at radius 1 is 1.35 bits per heavy atom. The quantitative estimate of drug-likeness (QED) is 0.666. The Balaban J connectivity index is 2.27. The van der Waals surface area contributed by atoms with Crippen molar-refractivity contribution >= 4 is 16.7 Å². The van der Waals surface area contributed by atoms with Crippen LogP contribution in [0.4, 0.5) is 5.82 Å². The summed E-state index contributed by atoms with van der Waals surface area (Å²) in [5.41, 5.74) is 9.94. The van der Waals surface area contributed by atoms with E-state index in [0.717, 1.165) is 27.7 Å². The fourth-order valence-corrected chi connectivity index (χ4v) is 2.13. The SMILES string of the molecule is Cc1nn(C)c2ccc(-c3cn[nH]c3N)cc12. The standard InChI is InChI=1S/C12H13N5/c1-7-9-5-8(10-6-14-15-12(10)13)3-4-11(9)17(2)16-7/h3-6H,1-2H3,(H3,13,14,15). The van der Waals surface area contributed by atoms with Gasteiger partial charge in [0.15, 0.2) is 0 Å². The van der Waals surface area contributed by atoms with E-state index in [1.807, 2.05) is 24.7 Å². The lowest BCUT2D eigenvalue weighted by molar-refractivity contribution is 0.783. The summed E-state index contributed by atoms with van der Waals surface area (Å²) in [5.74, 6) is 0.589. The average molecular weight is 227 g/mol. The third-order valence-corrected chi connectivity index (χ3v) is 3.01. The lowest BCUT2D eigenvalue weighted by atomic mass is 10.1. The van der Waals surface area contributed by atoms with E-state index in [1.54, 1.807) is 6.20 Å². The average Bonchev–Trinajstić information content (AvgIpc) is 2.84. The minimum absolute atomic E-state index is 0.589. The second-order valence-electron chi connectivity index (χ2n) is 4.14. The summed E-state index contributed by atoms with van der Waals surface area (Å²) in [6.07, 6.45) is 1.74. The highest BCUT2D eigenvalue weighted by Gasteiger charge is 2.09. The number of benzene rings is 1. The van der Waals surface area contributed by atoms with Gasteiger partial charge in [-0.15, -0.1) is 0 Å². The number of aromatic nitrogens is 4. The molecule has 0 saturated heterocycles. The number of fused-ring (bicyclic) bond motifs is 1. The molecule has 2 aromatic heterocycles. The van der Waals surface area contributed by atoms with Crippen molar-refractivity contribution in [2.24, 2.45) is 7.05 Å². The zero-order valence-corrected chi connectivity index (χ0v) is 9.73. The summed E-state index contributed by atoms with van der Waals surface area (Å²) in [6, 6.07) is 6.18. The van der Waals surface area contributed by atoms with Gasteiger partial charge in [-0.05, 0) is 24.6 Å². The molecule has 0 aliphatic heterocycles. The summed E-state index contributed by atoms with van der Waals surface area (Å²) in [7, 11) is 1.95. The Morgan fingerprint density at radius 2 is 2.18 bits per heavy atom. The molecular formula is C12H13N5. The third kappa shape index (κ3) is 1.39. The summed E-state index contributed by atoms with van der Waals surface area (Å²) in [4.78, 5) is 0. The molecule has 3 N–H and O–H groups in total. The van der Waals surface area contributed by atoms with Gasteiger partial charge in [0.25, 0.3) is 0 Å². The first-order chi connectivity index (χ1) is 8.16. The van der Waals surface area contributed by atoms with Crippen LogP contribution < -0.4 is 5.73 Å². The lowest BCUT2D eigenvalue weighted by Crippen LogP contribution is -1.89. The molecule has 5 nitrogen and oxygen atoms in total. The molecule has 5 heteroatoms. The van der Waals surface area contributed by atoms with Crippen molar-refractivity contribution in [2.75, 3.05) is 5.73 Å². The van der Waals surface area contributed by atoms with Gasteiger partial charge in [-0.25, -0.2) is 0 Å². The van der Waals surface area contributed by atoms with Crippen molar-refractivity contribution < 1.29 is 0 Å². The maximum Gasteiger partial charge on any atom is 0.126 e. The van der Waals surface area contributed by atoms with Gasteiger partial charge in [0.1, 0.15) is 5.82 Å². The van der Waals surface area contributed by atoms with E-state index in [1.165, 1.54) is 0 Å². The van der Waals surface area contributed by atoms with Gasteiger partial charge in [0.05, 0.1) is 17.4 Å². The summed E-state index contributed by atoms with van der Waals surface area (Å²) < 4.78 is 1.88. The molecule has 0 aliphatic rings. The molecule has 0 atom stereocenters. The molecule has 0 aliphatic carbocycles. The third-order valence-electron chi connectivity index (χ3n) is 3.01. The first-order valence-corrected chi connectivity index (χ1v) is 5.39. The van der Waals surface area contributed by atoms with Gasteiger partial charge in [0.2, 0.25) is 0 Å². The molecule has 86 valence electrons. The molecule has 3 aromatic rings. The van der Waals surface area contributed by atoms with Crippen LogP contribution in [0.5, 0.6) is 0 Å². The number of nitrogens with two attached hydrogens (primary N) is 1. The zero-order valence-electron chi connectivity index (χ0n) is 9.73. The van der Waals surface area contributed by atoms with Gasteiger partial charge >= 0.3 is 0 Å². The van der Waals surface area contributed by atoms with E-state index >= 15 is 0 Å². The highest BCUT2D eigenvalue weighted by atomic mass is 15.3. The second-order valence-corrected chi connectivity index (χ2v) is 4.14. The van der Waals surface area contributed by atoms with Crippen molar-refractivity contribution in [3.8, 4) is 11.1 Å². The first-order valence-electron chi connectivity index (χ1n) is 5.39. The lowest BCUT2D eigenvalue weighted by Gasteiger charge is -2.00. The van der Waals surface area contributed by atoms with Crippen LogP contribution in [0.2, 0.25) is 0 Å². The van der Waals surface area contributed by atoms with Gasteiger partial charge in [0, 0.05) is 18.0 Å². The van der Waals surface area contributed by atoms with Crippen molar-refractivity contribution in [1.29, 1.82) is 0 Å². The normalized spacial score (nSPS) is 11.2. The first kappa shape index (κ1) is 9.89. The summed E-state index contributed by atoms with van der Waals surface area (Å²) >= 11 is 0. The Bertz CT molecular complexity index is 692. The van der Waals surface area contributed by atoms with E-state index < -0.39 is 0 Å². The van der Waals surface area contributed by atoms with E-state index in [2.05, 4.69) is 27.4 Å². The number of aryl methyl sites for hydroxylation is 2. The Labute approximate surface area is 98.2 Å². The van der Waals surface area contributed by atoms with E-state index in [9.17, 15) is 0 Å². The van der Waals surface area contributed by atoms with Crippen molar-refractivity contribution in [1.82, 2.24) is 20.0 Å². The molecule has 0 radical (unpaired) electrons. The van der Waals surface area contributed by atoms with Crippen molar-refractivity contribution in [3.63, 3.8) is 0 Å². The molecule has 0 bridgehead atoms. The van der Waals surface area contributed by atoms with Crippen molar-refractivity contribution in [3.05, 3.63) is 30.1 Å². The van der Waals surface area contributed by atoms with Gasteiger partial charge in [-0.2, -0.15) is 10.2 Å². The minimum atomic E-state index is 0.589. The molecule has 0 spiro atoms. The molecular weight excluding hydrogens is 214 g/mol. The van der Waals surface area contributed by atoms with E-state index in [-0.39, 0.29) is 0 Å². The van der Waals surface area contributed by atoms with Crippen LogP contribution in [0.3, 0.4) is 0 Å². The molecule has 1 aromatic carbocycles. The van der Waals surface area contributed by atoms with E-state index in [4.69, 9.17) is 5.73 Å².